The number of aryl methyl sites for hydroxylation is 1. The van der Waals surface area contributed by atoms with Gasteiger partial charge < -0.3 is 5.11 Å². The van der Waals surface area contributed by atoms with Gasteiger partial charge in [0.1, 0.15) is 0 Å². The zero-order valence-corrected chi connectivity index (χ0v) is 25.1. The molecule has 0 bridgehead atoms. The first-order valence-corrected chi connectivity index (χ1v) is 14.1. The first-order valence-electron chi connectivity index (χ1n) is 14.1. The van der Waals surface area contributed by atoms with Crippen LogP contribution in [0.3, 0.4) is 0 Å². The molecule has 1 atom stereocenters. The third kappa shape index (κ3) is 16.8. The topological polar surface area (TPSA) is 50.9 Å². The van der Waals surface area contributed by atoms with E-state index < -0.39 is 0 Å². The van der Waals surface area contributed by atoms with Crippen molar-refractivity contribution in [1.29, 1.82) is 0 Å². The molecule has 1 aliphatic rings. The first kappa shape index (κ1) is 36.6. The number of allylic oxidation sites excluding steroid dienone is 5. The summed E-state index contributed by atoms with van der Waals surface area (Å²) in [6, 6.07) is 5.96. The molecule has 210 valence electrons. The number of rotatable bonds is 6. The first-order chi connectivity index (χ1) is 18.0. The van der Waals surface area contributed by atoms with Crippen LogP contribution in [-0.4, -0.2) is 27.0 Å². The minimum atomic E-state index is -0.0550. The van der Waals surface area contributed by atoms with Crippen molar-refractivity contribution in [3.63, 3.8) is 0 Å². The van der Waals surface area contributed by atoms with Gasteiger partial charge in [-0.2, -0.15) is 5.10 Å². The fourth-order valence-electron chi connectivity index (χ4n) is 3.70. The molecule has 5 heteroatoms. The molecule has 1 aliphatic carbocycles. The fraction of sp³-hybridized carbons (Fsp3) is 0.562. The summed E-state index contributed by atoms with van der Waals surface area (Å²) in [5.41, 5.74) is 5.14. The highest BCUT2D eigenvalue weighted by Crippen LogP contribution is 2.24. The Labute approximate surface area is 227 Å². The van der Waals surface area contributed by atoms with Gasteiger partial charge >= 0.3 is 0 Å². The zero-order chi connectivity index (χ0) is 28.5. The van der Waals surface area contributed by atoms with Crippen LogP contribution in [0.2, 0.25) is 0 Å². The van der Waals surface area contributed by atoms with Crippen molar-refractivity contribution in [3.8, 4) is 0 Å². The lowest BCUT2D eigenvalue weighted by molar-refractivity contribution is 0.399. The van der Waals surface area contributed by atoms with E-state index in [1.807, 2.05) is 82.0 Å². The molecule has 4 nitrogen and oxygen atoms in total. The van der Waals surface area contributed by atoms with Gasteiger partial charge in [0.2, 0.25) is 0 Å². The molecule has 0 spiro atoms. The number of aliphatic hydroxyl groups is 1. The van der Waals surface area contributed by atoms with Crippen LogP contribution in [0.5, 0.6) is 0 Å². The van der Waals surface area contributed by atoms with Crippen LogP contribution >= 0.6 is 0 Å². The second kappa shape index (κ2) is 25.1. The smallest absolute Gasteiger partial charge is 0.0997 e. The lowest BCUT2D eigenvalue weighted by Crippen LogP contribution is -2.03. The van der Waals surface area contributed by atoms with Crippen molar-refractivity contribution in [2.24, 2.45) is 5.92 Å². The maximum atomic E-state index is 13.4. The molecule has 0 radical (unpaired) electrons. The van der Waals surface area contributed by atoms with Crippen molar-refractivity contribution in [2.75, 3.05) is 7.11 Å². The molecule has 37 heavy (non-hydrogen) atoms. The Morgan fingerprint density at radius 2 is 1.84 bits per heavy atom. The van der Waals surface area contributed by atoms with Crippen molar-refractivity contribution < 1.29 is 9.50 Å². The summed E-state index contributed by atoms with van der Waals surface area (Å²) < 4.78 is 15.4. The fourth-order valence-corrected chi connectivity index (χ4v) is 3.70. The van der Waals surface area contributed by atoms with E-state index >= 15 is 0 Å². The number of nitrogens with zero attached hydrogens (tertiary/aromatic N) is 3. The van der Waals surface area contributed by atoms with Crippen molar-refractivity contribution >= 4 is 6.08 Å². The van der Waals surface area contributed by atoms with E-state index in [1.54, 1.807) is 6.08 Å². The number of aromatic nitrogens is 3. The van der Waals surface area contributed by atoms with E-state index in [4.69, 9.17) is 5.11 Å². The predicted molar refractivity (Wildman–Crippen MR) is 160 cm³/mol. The van der Waals surface area contributed by atoms with E-state index in [0.717, 1.165) is 38.5 Å². The Morgan fingerprint density at radius 3 is 2.41 bits per heavy atom. The average Bonchev–Trinajstić information content (AvgIpc) is 3.33. The Kier molecular flexibility index (Phi) is 24.9. The highest BCUT2D eigenvalue weighted by atomic mass is 19.1. The third-order valence-corrected chi connectivity index (χ3v) is 5.45. The van der Waals surface area contributed by atoms with Gasteiger partial charge in [0.25, 0.3) is 0 Å². The second-order valence-electron chi connectivity index (χ2n) is 8.34. The normalized spacial score (nSPS) is 16.2. The predicted octanol–water partition coefficient (Wildman–Crippen LogP) is 9.16. The highest BCUT2D eigenvalue weighted by Gasteiger charge is 2.14. The summed E-state index contributed by atoms with van der Waals surface area (Å²) in [6.07, 6.45) is 18.6. The van der Waals surface area contributed by atoms with Crippen LogP contribution in [0, 0.1) is 5.92 Å². The number of hydrogen-bond donors (Lipinski definition) is 1. The summed E-state index contributed by atoms with van der Waals surface area (Å²) in [5.74, 6) is 0.648. The molecule has 0 aromatic carbocycles. The van der Waals surface area contributed by atoms with Gasteiger partial charge in [0.15, 0.2) is 0 Å². The number of hydrogen-bond acceptors (Lipinski definition) is 3. The number of pyridine rings is 1. The number of fused-ring (bicyclic) bond motifs is 1. The summed E-state index contributed by atoms with van der Waals surface area (Å²) in [6.45, 7) is 17.3. The van der Waals surface area contributed by atoms with Gasteiger partial charge in [-0.15, -0.1) is 0 Å². The lowest BCUT2D eigenvalue weighted by atomic mass is 9.97. The van der Waals surface area contributed by atoms with Gasteiger partial charge in [0.05, 0.1) is 24.3 Å². The van der Waals surface area contributed by atoms with Crippen molar-refractivity contribution in [3.05, 3.63) is 77.2 Å². The molecule has 2 aromatic rings. The SMILES string of the molecule is CC.CC.CC/C=C(/F)C/C=C\Cn1ncc2c1/C=C(\C)CCCC(C)C2.CCc1ccccn1.CO. The largest absolute Gasteiger partial charge is 0.400 e. The number of halogens is 1. The minimum Gasteiger partial charge on any atom is -0.400 e. The Hall–Kier alpha value is -2.53. The quantitative estimate of drug-likeness (QED) is 0.390. The van der Waals surface area contributed by atoms with E-state index in [1.165, 1.54) is 29.7 Å². The molecule has 0 saturated heterocycles. The average molecular weight is 516 g/mol. The summed E-state index contributed by atoms with van der Waals surface area (Å²) in [5, 5.41) is 11.5. The van der Waals surface area contributed by atoms with Crippen molar-refractivity contribution in [1.82, 2.24) is 14.8 Å². The zero-order valence-electron chi connectivity index (χ0n) is 25.1. The molecule has 2 heterocycles. The maximum absolute atomic E-state index is 13.4. The van der Waals surface area contributed by atoms with Crippen LogP contribution in [0.25, 0.3) is 6.08 Å². The molecule has 1 unspecified atom stereocenters. The van der Waals surface area contributed by atoms with Gasteiger partial charge in [-0.3, -0.25) is 9.67 Å². The van der Waals surface area contributed by atoms with Gasteiger partial charge in [-0.25, -0.2) is 4.39 Å². The maximum Gasteiger partial charge on any atom is 0.0997 e. The van der Waals surface area contributed by atoms with E-state index in [-0.39, 0.29) is 5.83 Å². The Morgan fingerprint density at radius 1 is 1.14 bits per heavy atom. The van der Waals surface area contributed by atoms with Crippen LogP contribution in [-0.2, 0) is 19.4 Å². The van der Waals surface area contributed by atoms with E-state index in [9.17, 15) is 4.39 Å². The number of aliphatic hydroxyl groups excluding tert-OH is 1. The van der Waals surface area contributed by atoms with Crippen LogP contribution < -0.4 is 0 Å². The monoisotopic (exact) mass is 515 g/mol. The van der Waals surface area contributed by atoms with Gasteiger partial charge in [0, 0.05) is 25.4 Å². The van der Waals surface area contributed by atoms with Crippen LogP contribution in [0.4, 0.5) is 4.39 Å². The van der Waals surface area contributed by atoms with Crippen molar-refractivity contribution in [2.45, 2.75) is 107 Å². The van der Waals surface area contributed by atoms with Gasteiger partial charge in [-0.05, 0) is 68.7 Å². The molecule has 0 aliphatic heterocycles. The molecule has 1 N–H and O–H groups in total. The Balaban J connectivity index is 0. The summed E-state index contributed by atoms with van der Waals surface area (Å²) >= 11 is 0. The highest BCUT2D eigenvalue weighted by molar-refractivity contribution is 5.53. The van der Waals surface area contributed by atoms with Crippen LogP contribution in [0.1, 0.15) is 104 Å². The molecule has 2 aromatic heterocycles. The Bertz CT molecular complexity index is 869. The summed E-state index contributed by atoms with van der Waals surface area (Å²) in [4.78, 5) is 4.10. The van der Waals surface area contributed by atoms with E-state index in [0.29, 0.717) is 18.9 Å². The third-order valence-electron chi connectivity index (χ3n) is 5.45. The van der Waals surface area contributed by atoms with Gasteiger partial charge in [-0.1, -0.05) is 84.8 Å². The molecule has 0 fully saturated rings. The van der Waals surface area contributed by atoms with Crippen LogP contribution in [0.15, 0.2) is 60.2 Å². The molecule has 3 rings (SSSR count). The molecular weight excluding hydrogens is 461 g/mol. The minimum absolute atomic E-state index is 0.0550. The molecule has 0 amide bonds. The molecular formula is C32H54FN3O. The standard InChI is InChI=1S/C20H29FN2.C7H9N.2C2H6.CH4O/c1-4-8-19(21)11-5-6-12-23-20-14-17(3)10-7-9-16(2)13-18(20)15-22-23;1-2-7-5-3-4-6-8-7;3*1-2/h5-6,8,14-16H,4,7,9-13H2,1-3H3;3-6H,2H2,1H3;2*1-2H3;2H,1H3/b6-5-,17-14+,19-8+;;;;. The molecule has 0 saturated carbocycles. The lowest BCUT2D eigenvalue weighted by Gasteiger charge is -2.09. The second-order valence-corrected chi connectivity index (χ2v) is 8.34. The van der Waals surface area contributed by atoms with E-state index in [2.05, 4.69) is 36.9 Å². The summed E-state index contributed by atoms with van der Waals surface area (Å²) in [7, 11) is 1.00.